The van der Waals surface area contributed by atoms with Crippen LogP contribution in [0.2, 0.25) is 0 Å². The van der Waals surface area contributed by atoms with Gasteiger partial charge in [0.25, 0.3) is 6.08 Å². The summed E-state index contributed by atoms with van der Waals surface area (Å²) in [6.45, 7) is 3.05. The first-order valence-electron chi connectivity index (χ1n) is 16.8. The number of hydrogen-bond donors (Lipinski definition) is 2. The molecule has 0 aliphatic carbocycles. The second-order valence-corrected chi connectivity index (χ2v) is 13.4. The minimum absolute atomic E-state index is 0.0000926. The van der Waals surface area contributed by atoms with E-state index >= 15 is 8.78 Å². The van der Waals surface area contributed by atoms with E-state index in [-0.39, 0.29) is 71.8 Å². The summed E-state index contributed by atoms with van der Waals surface area (Å²) in [5.41, 5.74) is -0.635. The Bertz CT molecular complexity index is 2020. The molecule has 5 aliphatic heterocycles. The Morgan fingerprint density at radius 2 is 1.98 bits per heavy atom. The fraction of sp³-hybridized carbons (Fsp3) is 0.485. The molecule has 3 aromatic rings. The van der Waals surface area contributed by atoms with Crippen LogP contribution in [0.15, 0.2) is 24.3 Å². The highest BCUT2D eigenvalue weighted by molar-refractivity contribution is 6.03. The second-order valence-electron chi connectivity index (χ2n) is 13.4. The third-order valence-electron chi connectivity index (χ3n) is 10.5. The number of benzene rings is 1. The van der Waals surface area contributed by atoms with Crippen molar-refractivity contribution in [3.8, 4) is 17.3 Å². The molecular formula is C33H32F7N7O. The molecule has 0 saturated carbocycles. The van der Waals surface area contributed by atoms with Gasteiger partial charge in [0.15, 0.2) is 5.82 Å². The molecule has 4 saturated heterocycles. The molecule has 0 spiro atoms. The highest BCUT2D eigenvalue weighted by atomic mass is 19.4. The average molecular weight is 678 g/mol. The third-order valence-corrected chi connectivity index (χ3v) is 10.5. The van der Waals surface area contributed by atoms with Crippen molar-refractivity contribution in [3.63, 3.8) is 0 Å². The first kappa shape index (κ1) is 29.0. The van der Waals surface area contributed by atoms with Crippen molar-refractivity contribution in [2.75, 3.05) is 36.8 Å². The van der Waals surface area contributed by atoms with Crippen LogP contribution in [0.5, 0.6) is 6.01 Å². The number of ether oxygens (including phenoxy) is 1. The Morgan fingerprint density at radius 1 is 1.19 bits per heavy atom. The highest BCUT2D eigenvalue weighted by Crippen LogP contribution is 2.49. The molecule has 4 atom stereocenters. The van der Waals surface area contributed by atoms with Crippen LogP contribution in [0.4, 0.5) is 42.4 Å². The third kappa shape index (κ3) is 4.67. The second kappa shape index (κ2) is 10.8. The van der Waals surface area contributed by atoms with Gasteiger partial charge < -0.3 is 20.7 Å². The lowest BCUT2D eigenvalue weighted by molar-refractivity contribution is -0.137. The van der Waals surface area contributed by atoms with Crippen LogP contribution in [-0.4, -0.2) is 69.7 Å². The lowest BCUT2D eigenvalue weighted by Crippen LogP contribution is -2.58. The fourth-order valence-electron chi connectivity index (χ4n) is 8.46. The summed E-state index contributed by atoms with van der Waals surface area (Å²) in [6.07, 6.45) is -4.88. The lowest BCUT2D eigenvalue weighted by Gasteiger charge is -2.41. The molecule has 5 aliphatic rings. The van der Waals surface area contributed by atoms with Crippen LogP contribution in [0.25, 0.3) is 27.7 Å². The van der Waals surface area contributed by atoms with Gasteiger partial charge in [-0.1, -0.05) is 6.58 Å². The Kier molecular flexibility index (Phi) is 6.50. The molecule has 8 rings (SSSR count). The molecule has 2 aromatic heterocycles. The van der Waals surface area contributed by atoms with Gasteiger partial charge in [0.05, 0.1) is 30.5 Å². The summed E-state index contributed by atoms with van der Waals surface area (Å²) < 4.78 is 129. The number of nitrogens with one attached hydrogen (secondary N) is 1. The summed E-state index contributed by atoms with van der Waals surface area (Å²) in [6, 6.07) is -0.201. The number of nitrogen functional groups attached to an aromatic ring is 1. The van der Waals surface area contributed by atoms with Crippen LogP contribution in [0.3, 0.4) is 0 Å². The SMILES string of the molecule is [2H]C([2H])(Oc1nc2c3c(c(F)c(-c4nc(N)cc(C)c4C(F)(F)F)c(F)c3n1)C(=C)C[C@H]1[C@@H]3CC[C@H](CN21)N3)[C@]12CCCN1CC(=C(F)F)C2. The van der Waals surface area contributed by atoms with Gasteiger partial charge in [-0.2, -0.15) is 31.9 Å². The first-order chi connectivity index (χ1) is 23.5. The molecule has 8 nitrogen and oxygen atoms in total. The largest absolute Gasteiger partial charge is 0.461 e. The molecule has 7 heterocycles. The number of aromatic nitrogens is 3. The number of hydrogen-bond acceptors (Lipinski definition) is 8. The van der Waals surface area contributed by atoms with E-state index in [9.17, 15) is 22.0 Å². The number of pyridine rings is 1. The van der Waals surface area contributed by atoms with Crippen molar-refractivity contribution < 1.29 is 38.2 Å². The van der Waals surface area contributed by atoms with Crippen LogP contribution in [0.1, 0.15) is 58.0 Å². The van der Waals surface area contributed by atoms with Crippen LogP contribution >= 0.6 is 0 Å². The normalized spacial score (nSPS) is 27.6. The number of rotatable bonds is 4. The quantitative estimate of drug-likeness (QED) is 0.308. The van der Waals surface area contributed by atoms with E-state index in [0.29, 0.717) is 19.5 Å². The minimum atomic E-state index is -5.08. The monoisotopic (exact) mass is 677 g/mol. The number of anilines is 2. The zero-order valence-electron chi connectivity index (χ0n) is 27.7. The number of nitrogens with zero attached hydrogens (tertiary/aromatic N) is 5. The number of nitrogens with two attached hydrogens (primary N) is 1. The molecule has 4 fully saturated rings. The van der Waals surface area contributed by atoms with Crippen molar-refractivity contribution in [2.45, 2.75) is 75.3 Å². The van der Waals surface area contributed by atoms with Crippen LogP contribution in [-0.2, 0) is 6.18 Å². The molecule has 1 aromatic carbocycles. The van der Waals surface area contributed by atoms with Crippen molar-refractivity contribution in [1.29, 1.82) is 0 Å². The predicted molar refractivity (Wildman–Crippen MR) is 164 cm³/mol. The Morgan fingerprint density at radius 3 is 2.73 bits per heavy atom. The predicted octanol–water partition coefficient (Wildman–Crippen LogP) is 6.37. The number of fused-ring (bicyclic) bond motifs is 6. The van der Waals surface area contributed by atoms with Gasteiger partial charge in [0, 0.05) is 42.4 Å². The van der Waals surface area contributed by atoms with Gasteiger partial charge in [-0.25, -0.2) is 13.8 Å². The van der Waals surface area contributed by atoms with Crippen LogP contribution in [0, 0.1) is 18.6 Å². The van der Waals surface area contributed by atoms with E-state index in [1.54, 1.807) is 4.90 Å². The summed E-state index contributed by atoms with van der Waals surface area (Å²) in [4.78, 5) is 16.0. The molecule has 0 unspecified atom stereocenters. The number of piperazine rings is 1. The van der Waals surface area contributed by atoms with Crippen molar-refractivity contribution in [2.24, 2.45) is 0 Å². The summed E-state index contributed by atoms with van der Waals surface area (Å²) >= 11 is 0. The Hall–Kier alpha value is -3.98. The zero-order chi connectivity index (χ0) is 35.7. The zero-order valence-corrected chi connectivity index (χ0v) is 25.7. The summed E-state index contributed by atoms with van der Waals surface area (Å²) in [5, 5.41) is 3.37. The van der Waals surface area contributed by atoms with Gasteiger partial charge in [-0.15, -0.1) is 0 Å². The van der Waals surface area contributed by atoms with E-state index in [0.717, 1.165) is 25.8 Å². The van der Waals surface area contributed by atoms with E-state index < -0.39 is 75.7 Å². The van der Waals surface area contributed by atoms with Gasteiger partial charge in [0.1, 0.15) is 29.5 Å². The van der Waals surface area contributed by atoms with E-state index in [1.165, 1.54) is 0 Å². The smallest absolute Gasteiger partial charge is 0.418 e. The molecule has 3 N–H and O–H groups in total. The van der Waals surface area contributed by atoms with E-state index in [4.69, 9.17) is 13.2 Å². The van der Waals surface area contributed by atoms with Gasteiger partial charge >= 0.3 is 12.2 Å². The van der Waals surface area contributed by atoms with E-state index in [1.807, 2.05) is 4.90 Å². The summed E-state index contributed by atoms with van der Waals surface area (Å²) in [7, 11) is 0. The Labute approximate surface area is 273 Å². The molecule has 0 radical (unpaired) electrons. The molecule has 15 heteroatoms. The molecule has 254 valence electrons. The average Bonchev–Trinajstić information content (AvgIpc) is 3.69. The maximum atomic E-state index is 17.0. The van der Waals surface area contributed by atoms with Gasteiger partial charge in [-0.05, 0) is 69.2 Å². The number of aryl methyl sites for hydroxylation is 1. The standard InChI is InChI=1S/C33H32F7N7O/c1-14-8-19-18-5-4-17(42-18)12-47(19)30-22-21(14)25(34)23(27-24(33(38,39)40)15(2)9-20(41)43-27)26(35)28(22)44-31(45-30)48-13-32-6-3-7-46(32)11-16(10-32)29(36)37/h9,17-19,42H,1,3-8,10-13H2,2H3,(H2,41,43)/t17-,18+,19+,32-/m1/s1/i13D2. The van der Waals surface area contributed by atoms with Crippen molar-refractivity contribution >= 4 is 28.1 Å². The maximum Gasteiger partial charge on any atom is 0.418 e. The maximum absolute atomic E-state index is 17.0. The fourth-order valence-corrected chi connectivity index (χ4v) is 8.46. The Balaban J connectivity index is 1.38. The molecule has 0 amide bonds. The number of alkyl halides is 3. The van der Waals surface area contributed by atoms with Gasteiger partial charge in [-0.3, -0.25) is 4.90 Å². The van der Waals surface area contributed by atoms with Crippen molar-refractivity contribution in [1.82, 2.24) is 25.2 Å². The lowest BCUT2D eigenvalue weighted by atomic mass is 9.90. The first-order valence-corrected chi connectivity index (χ1v) is 15.8. The minimum Gasteiger partial charge on any atom is -0.461 e. The number of halogens is 7. The molecule has 2 bridgehead atoms. The summed E-state index contributed by atoms with van der Waals surface area (Å²) in [5.74, 6) is -3.23. The van der Waals surface area contributed by atoms with Crippen LogP contribution < -0.4 is 20.7 Å². The molecule has 48 heavy (non-hydrogen) atoms. The van der Waals surface area contributed by atoms with Gasteiger partial charge in [0.2, 0.25) is 0 Å². The topological polar surface area (TPSA) is 92.4 Å². The van der Waals surface area contributed by atoms with E-state index in [2.05, 4.69) is 26.8 Å². The van der Waals surface area contributed by atoms with Crippen molar-refractivity contribution in [3.05, 3.63) is 52.6 Å². The molecular weight excluding hydrogens is 643 g/mol. The highest BCUT2D eigenvalue weighted by Gasteiger charge is 2.49.